The number of carbonyl (C=O) groups is 1. The standard InChI is InChI=1S/C31H55N5O4/c1-5-6-7-8-9-10-11-13-16-19-22-33(2)27(38)24-26(37)21-18-15-12-14-17-20-23-36-30(39)28-29(32-25-34(28)3)35(4)31(36)40/h25-26,37H,5-24H2,1-4H3. The fourth-order valence-electron chi connectivity index (χ4n) is 5.37. The van der Waals surface area contributed by atoms with E-state index in [9.17, 15) is 19.5 Å². The molecule has 0 aromatic carbocycles. The Labute approximate surface area is 240 Å². The van der Waals surface area contributed by atoms with Crippen molar-refractivity contribution in [3.05, 3.63) is 27.2 Å². The zero-order valence-corrected chi connectivity index (χ0v) is 25.7. The van der Waals surface area contributed by atoms with Crippen LogP contribution in [0, 0.1) is 0 Å². The van der Waals surface area contributed by atoms with E-state index in [1.54, 1.807) is 29.9 Å². The summed E-state index contributed by atoms with van der Waals surface area (Å²) < 4.78 is 4.40. The number of carbonyl (C=O) groups excluding carboxylic acids is 1. The van der Waals surface area contributed by atoms with E-state index in [4.69, 9.17) is 0 Å². The van der Waals surface area contributed by atoms with E-state index in [-0.39, 0.29) is 23.6 Å². The normalized spacial score (nSPS) is 12.3. The van der Waals surface area contributed by atoms with Gasteiger partial charge < -0.3 is 14.6 Å². The monoisotopic (exact) mass is 561 g/mol. The van der Waals surface area contributed by atoms with Gasteiger partial charge in [0.1, 0.15) is 0 Å². The molecule has 9 nitrogen and oxygen atoms in total. The van der Waals surface area contributed by atoms with E-state index in [0.717, 1.165) is 51.5 Å². The molecule has 2 aromatic heterocycles. The van der Waals surface area contributed by atoms with Gasteiger partial charge >= 0.3 is 5.69 Å². The van der Waals surface area contributed by atoms with E-state index in [1.807, 2.05) is 7.05 Å². The minimum atomic E-state index is -0.576. The Morgan fingerprint density at radius 2 is 1.43 bits per heavy atom. The zero-order valence-electron chi connectivity index (χ0n) is 25.7. The Bertz CT molecular complexity index is 1120. The van der Waals surface area contributed by atoms with Gasteiger partial charge in [0.25, 0.3) is 5.56 Å². The van der Waals surface area contributed by atoms with Gasteiger partial charge in [0.05, 0.1) is 18.9 Å². The lowest BCUT2D eigenvalue weighted by atomic mass is 10.0. The molecule has 228 valence electrons. The average Bonchev–Trinajstić information content (AvgIpc) is 3.32. The molecule has 40 heavy (non-hydrogen) atoms. The summed E-state index contributed by atoms with van der Waals surface area (Å²) in [6, 6.07) is 0. The fraction of sp³-hybridized carbons (Fsp3) is 0.806. The summed E-state index contributed by atoms with van der Waals surface area (Å²) in [6.45, 7) is 3.43. The summed E-state index contributed by atoms with van der Waals surface area (Å²) in [5.74, 6) is 0.0362. The molecule has 0 radical (unpaired) electrons. The highest BCUT2D eigenvalue weighted by molar-refractivity contribution is 5.76. The van der Waals surface area contributed by atoms with Crippen LogP contribution in [0.1, 0.15) is 122 Å². The predicted octanol–water partition coefficient (Wildman–Crippen LogP) is 5.29. The van der Waals surface area contributed by atoms with Gasteiger partial charge in [-0.1, -0.05) is 96.8 Å². The molecule has 0 saturated carbocycles. The van der Waals surface area contributed by atoms with Gasteiger partial charge in [0, 0.05) is 34.2 Å². The van der Waals surface area contributed by atoms with Crippen LogP contribution in [-0.2, 0) is 25.4 Å². The second-order valence-electron chi connectivity index (χ2n) is 11.6. The quantitative estimate of drug-likeness (QED) is 0.197. The molecule has 0 aliphatic heterocycles. The van der Waals surface area contributed by atoms with Crippen LogP contribution in [-0.4, -0.2) is 54.3 Å². The third-order valence-electron chi connectivity index (χ3n) is 8.05. The Morgan fingerprint density at radius 1 is 0.875 bits per heavy atom. The van der Waals surface area contributed by atoms with E-state index < -0.39 is 6.10 Å². The number of hydrogen-bond acceptors (Lipinski definition) is 5. The number of aliphatic hydroxyl groups excluding tert-OH is 1. The van der Waals surface area contributed by atoms with Crippen LogP contribution in [0.15, 0.2) is 15.9 Å². The first kappa shape index (κ1) is 33.8. The van der Waals surface area contributed by atoms with E-state index in [2.05, 4.69) is 11.9 Å². The minimum absolute atomic E-state index is 0.0362. The fourth-order valence-corrected chi connectivity index (χ4v) is 5.37. The van der Waals surface area contributed by atoms with Crippen LogP contribution in [0.4, 0.5) is 0 Å². The van der Waals surface area contributed by atoms with Crippen molar-refractivity contribution >= 4 is 17.1 Å². The molecule has 2 heterocycles. The van der Waals surface area contributed by atoms with Gasteiger partial charge in [-0.25, -0.2) is 9.78 Å². The van der Waals surface area contributed by atoms with Gasteiger partial charge in [0.15, 0.2) is 11.2 Å². The number of nitrogens with zero attached hydrogens (tertiary/aromatic N) is 5. The second kappa shape index (κ2) is 18.8. The SMILES string of the molecule is CCCCCCCCCCCCN(C)C(=O)CC(O)CCCCCCCCn1c(=O)c2c(ncn2C)n(C)c1=O. The molecule has 1 N–H and O–H groups in total. The molecule has 1 atom stereocenters. The molecule has 0 fully saturated rings. The van der Waals surface area contributed by atoms with Gasteiger partial charge in [-0.3, -0.25) is 18.7 Å². The largest absolute Gasteiger partial charge is 0.393 e. The second-order valence-corrected chi connectivity index (χ2v) is 11.6. The molecular formula is C31H55N5O4. The highest BCUT2D eigenvalue weighted by atomic mass is 16.3. The summed E-state index contributed by atoms with van der Waals surface area (Å²) >= 11 is 0. The summed E-state index contributed by atoms with van der Waals surface area (Å²) in [6.07, 6.45) is 20.3. The van der Waals surface area contributed by atoms with Gasteiger partial charge in [-0.15, -0.1) is 0 Å². The Kier molecular flexibility index (Phi) is 15.9. The Morgan fingerprint density at radius 3 is 2.05 bits per heavy atom. The van der Waals surface area contributed by atoms with Crippen molar-refractivity contribution in [2.75, 3.05) is 13.6 Å². The van der Waals surface area contributed by atoms with Gasteiger partial charge in [0.2, 0.25) is 5.91 Å². The van der Waals surface area contributed by atoms with Crippen LogP contribution in [0.2, 0.25) is 0 Å². The number of fused-ring (bicyclic) bond motifs is 1. The Balaban J connectivity index is 1.50. The van der Waals surface area contributed by atoms with Crippen LogP contribution >= 0.6 is 0 Å². The number of hydrogen-bond donors (Lipinski definition) is 1. The molecule has 2 rings (SSSR count). The molecule has 0 spiro atoms. The molecule has 1 amide bonds. The number of aliphatic hydroxyl groups is 1. The van der Waals surface area contributed by atoms with Crippen molar-refractivity contribution in [1.29, 1.82) is 0 Å². The molecule has 0 aliphatic rings. The van der Waals surface area contributed by atoms with Crippen molar-refractivity contribution < 1.29 is 9.90 Å². The van der Waals surface area contributed by atoms with Crippen molar-refractivity contribution in [3.63, 3.8) is 0 Å². The van der Waals surface area contributed by atoms with E-state index in [1.165, 1.54) is 66.9 Å². The molecule has 2 aromatic rings. The first-order valence-corrected chi connectivity index (χ1v) is 15.8. The molecule has 0 bridgehead atoms. The van der Waals surface area contributed by atoms with E-state index >= 15 is 0 Å². The van der Waals surface area contributed by atoms with Crippen molar-refractivity contribution in [1.82, 2.24) is 23.6 Å². The molecule has 9 heteroatoms. The number of aromatic nitrogens is 4. The molecular weight excluding hydrogens is 506 g/mol. The highest BCUT2D eigenvalue weighted by Crippen LogP contribution is 2.13. The lowest BCUT2D eigenvalue weighted by Crippen LogP contribution is -2.39. The maximum Gasteiger partial charge on any atom is 0.332 e. The van der Waals surface area contributed by atoms with E-state index in [0.29, 0.717) is 24.1 Å². The van der Waals surface area contributed by atoms with Gasteiger partial charge in [-0.2, -0.15) is 0 Å². The van der Waals surface area contributed by atoms with Crippen molar-refractivity contribution in [2.45, 2.75) is 135 Å². The summed E-state index contributed by atoms with van der Waals surface area (Å²) in [5.41, 5.74) is 0.257. The Hall–Kier alpha value is -2.42. The summed E-state index contributed by atoms with van der Waals surface area (Å²) in [7, 11) is 5.25. The van der Waals surface area contributed by atoms with Crippen molar-refractivity contribution in [3.8, 4) is 0 Å². The maximum absolute atomic E-state index is 12.7. The number of aryl methyl sites for hydroxylation is 2. The van der Waals surface area contributed by atoms with Crippen LogP contribution < -0.4 is 11.2 Å². The molecule has 0 saturated heterocycles. The minimum Gasteiger partial charge on any atom is -0.393 e. The van der Waals surface area contributed by atoms with Crippen molar-refractivity contribution in [2.24, 2.45) is 14.1 Å². The zero-order chi connectivity index (χ0) is 29.3. The molecule has 0 aliphatic carbocycles. The molecule has 1 unspecified atom stereocenters. The van der Waals surface area contributed by atoms with Crippen LogP contribution in [0.5, 0.6) is 0 Å². The lowest BCUT2D eigenvalue weighted by Gasteiger charge is -2.19. The topological polar surface area (TPSA) is 102 Å². The lowest BCUT2D eigenvalue weighted by molar-refractivity contribution is -0.132. The van der Waals surface area contributed by atoms with Crippen LogP contribution in [0.3, 0.4) is 0 Å². The first-order chi connectivity index (χ1) is 19.3. The summed E-state index contributed by atoms with van der Waals surface area (Å²) in [5, 5.41) is 10.3. The number of rotatable bonds is 22. The van der Waals surface area contributed by atoms with Gasteiger partial charge in [-0.05, 0) is 19.3 Å². The highest BCUT2D eigenvalue weighted by Gasteiger charge is 2.15. The third-order valence-corrected chi connectivity index (χ3v) is 8.05. The van der Waals surface area contributed by atoms with Crippen LogP contribution in [0.25, 0.3) is 11.2 Å². The number of imidazole rings is 1. The maximum atomic E-state index is 12.7. The predicted molar refractivity (Wildman–Crippen MR) is 163 cm³/mol. The summed E-state index contributed by atoms with van der Waals surface area (Å²) in [4.78, 5) is 43.7. The number of amides is 1. The third kappa shape index (κ3) is 11.2. The number of unbranched alkanes of at least 4 members (excludes halogenated alkanes) is 14. The average molecular weight is 562 g/mol. The smallest absolute Gasteiger partial charge is 0.332 e. The first-order valence-electron chi connectivity index (χ1n) is 15.8.